The van der Waals surface area contributed by atoms with Crippen molar-refractivity contribution in [2.75, 3.05) is 13.7 Å². The predicted molar refractivity (Wildman–Crippen MR) is 106 cm³/mol. The average molecular weight is 383 g/mol. The van der Waals surface area contributed by atoms with Crippen molar-refractivity contribution in [3.05, 3.63) is 64.7 Å². The third-order valence-corrected chi connectivity index (χ3v) is 5.26. The lowest BCUT2D eigenvalue weighted by molar-refractivity contribution is 0.0701. The van der Waals surface area contributed by atoms with Crippen LogP contribution in [-0.2, 0) is 12.8 Å². The van der Waals surface area contributed by atoms with Gasteiger partial charge in [0.15, 0.2) is 11.5 Å². The number of nitrogens with zero attached hydrogens (tertiary/aromatic N) is 1. The number of ether oxygens (including phenoxy) is 2. The van der Waals surface area contributed by atoms with Gasteiger partial charge in [0.05, 0.1) is 19.4 Å². The van der Waals surface area contributed by atoms with E-state index >= 15 is 0 Å². The van der Waals surface area contributed by atoms with Crippen LogP contribution >= 0.6 is 11.3 Å². The van der Waals surface area contributed by atoms with Crippen molar-refractivity contribution < 1.29 is 19.4 Å². The van der Waals surface area contributed by atoms with Gasteiger partial charge in [0.25, 0.3) is 0 Å². The summed E-state index contributed by atoms with van der Waals surface area (Å²) < 4.78 is 11.3. The number of hydrogen-bond acceptors (Lipinski definition) is 5. The molecule has 0 aliphatic rings. The molecule has 1 heterocycles. The summed E-state index contributed by atoms with van der Waals surface area (Å²) in [5, 5.41) is 10.0. The molecule has 0 atom stereocenters. The lowest BCUT2D eigenvalue weighted by Gasteiger charge is -2.12. The Bertz CT molecular complexity index is 921. The van der Waals surface area contributed by atoms with E-state index in [2.05, 4.69) is 17.1 Å². The molecule has 1 aromatic heterocycles. The molecule has 3 rings (SSSR count). The number of carboxylic acid groups (broad SMARTS) is 1. The minimum absolute atomic E-state index is 0.287. The van der Waals surface area contributed by atoms with E-state index in [1.54, 1.807) is 7.11 Å². The summed E-state index contributed by atoms with van der Waals surface area (Å²) >= 11 is 1.18. The molecular formula is C21H21NO4S. The van der Waals surface area contributed by atoms with Gasteiger partial charge in [-0.2, -0.15) is 0 Å². The number of thiazole rings is 1. The first-order valence-corrected chi connectivity index (χ1v) is 9.52. The molecule has 0 bridgehead atoms. The van der Waals surface area contributed by atoms with Crippen molar-refractivity contribution in [2.45, 2.75) is 19.8 Å². The van der Waals surface area contributed by atoms with Gasteiger partial charge in [0, 0.05) is 12.0 Å². The molecule has 140 valence electrons. The molecule has 1 N–H and O–H groups in total. The van der Waals surface area contributed by atoms with Crippen molar-refractivity contribution in [1.29, 1.82) is 0 Å². The molecule has 0 aliphatic heterocycles. The van der Waals surface area contributed by atoms with Crippen molar-refractivity contribution >= 4 is 17.3 Å². The van der Waals surface area contributed by atoms with E-state index in [0.29, 0.717) is 35.2 Å². The van der Waals surface area contributed by atoms with E-state index in [1.807, 2.05) is 43.3 Å². The molecule has 6 heteroatoms. The zero-order valence-corrected chi connectivity index (χ0v) is 16.1. The Balaban J connectivity index is 1.82. The summed E-state index contributed by atoms with van der Waals surface area (Å²) in [4.78, 5) is 16.2. The molecule has 3 aromatic rings. The number of aromatic carboxylic acids is 1. The van der Waals surface area contributed by atoms with Gasteiger partial charge in [0.2, 0.25) is 0 Å². The second kappa shape index (κ2) is 8.68. The highest BCUT2D eigenvalue weighted by atomic mass is 32.1. The van der Waals surface area contributed by atoms with E-state index in [4.69, 9.17) is 9.47 Å². The second-order valence-corrected chi connectivity index (χ2v) is 6.90. The number of carboxylic acids is 1. The Kier molecular flexibility index (Phi) is 6.08. The van der Waals surface area contributed by atoms with Crippen LogP contribution in [0.2, 0.25) is 0 Å². The van der Waals surface area contributed by atoms with Crippen LogP contribution in [0.5, 0.6) is 11.5 Å². The number of hydrogen-bond donors (Lipinski definition) is 1. The first-order chi connectivity index (χ1) is 13.1. The lowest BCUT2D eigenvalue weighted by atomic mass is 10.1. The minimum atomic E-state index is -0.941. The van der Waals surface area contributed by atoms with Crippen molar-refractivity contribution in [1.82, 2.24) is 4.98 Å². The SMILES string of the molecule is CCc1nc(-c2ccc(OC)c(OCCc3ccccc3)c2)sc1C(=O)O. The third-order valence-electron chi connectivity index (χ3n) is 4.13. The molecule has 27 heavy (non-hydrogen) atoms. The van der Waals surface area contributed by atoms with Crippen molar-refractivity contribution in [2.24, 2.45) is 0 Å². The molecule has 0 aliphatic carbocycles. The van der Waals surface area contributed by atoms with Gasteiger partial charge in [-0.3, -0.25) is 0 Å². The first kappa shape index (κ1) is 18.9. The molecule has 0 amide bonds. The summed E-state index contributed by atoms with van der Waals surface area (Å²) in [7, 11) is 1.60. The number of benzene rings is 2. The Hall–Kier alpha value is -2.86. The summed E-state index contributed by atoms with van der Waals surface area (Å²) in [5.74, 6) is 0.317. The smallest absolute Gasteiger partial charge is 0.347 e. The minimum Gasteiger partial charge on any atom is -0.493 e. The lowest BCUT2D eigenvalue weighted by Crippen LogP contribution is -2.02. The molecule has 0 saturated heterocycles. The molecule has 0 radical (unpaired) electrons. The maximum atomic E-state index is 11.4. The number of aromatic nitrogens is 1. The molecule has 0 spiro atoms. The number of carbonyl (C=O) groups is 1. The van der Waals surface area contributed by atoms with E-state index in [-0.39, 0.29) is 4.88 Å². The fourth-order valence-electron chi connectivity index (χ4n) is 2.73. The third kappa shape index (κ3) is 4.46. The number of methoxy groups -OCH3 is 1. The zero-order chi connectivity index (χ0) is 19.2. The number of aryl methyl sites for hydroxylation is 1. The van der Waals surface area contributed by atoms with Gasteiger partial charge < -0.3 is 14.6 Å². The fourth-order valence-corrected chi connectivity index (χ4v) is 3.72. The van der Waals surface area contributed by atoms with Crippen molar-refractivity contribution in [3.8, 4) is 22.1 Å². The summed E-state index contributed by atoms with van der Waals surface area (Å²) in [6.07, 6.45) is 1.36. The maximum Gasteiger partial charge on any atom is 0.347 e. The highest BCUT2D eigenvalue weighted by Crippen LogP contribution is 2.35. The van der Waals surface area contributed by atoms with Crippen LogP contribution in [0.15, 0.2) is 48.5 Å². The Morgan fingerprint density at radius 3 is 2.56 bits per heavy atom. The van der Waals surface area contributed by atoms with E-state index in [1.165, 1.54) is 16.9 Å². The topological polar surface area (TPSA) is 68.7 Å². The van der Waals surface area contributed by atoms with Crippen LogP contribution in [0.3, 0.4) is 0 Å². The molecule has 0 saturated carbocycles. The van der Waals surface area contributed by atoms with Crippen LogP contribution < -0.4 is 9.47 Å². The van der Waals surface area contributed by atoms with Crippen LogP contribution in [0.1, 0.15) is 27.9 Å². The van der Waals surface area contributed by atoms with Crippen LogP contribution in [0.4, 0.5) is 0 Å². The van der Waals surface area contributed by atoms with Gasteiger partial charge in [0.1, 0.15) is 9.88 Å². The number of rotatable bonds is 8. The van der Waals surface area contributed by atoms with Gasteiger partial charge in [-0.05, 0) is 30.2 Å². The standard InChI is InChI=1S/C21H21NO4S/c1-3-16-19(21(23)24)27-20(22-16)15-9-10-17(25-2)18(13-15)26-12-11-14-7-5-4-6-8-14/h4-10,13H,3,11-12H2,1-2H3,(H,23,24). The van der Waals surface area contributed by atoms with Gasteiger partial charge in [-0.25, -0.2) is 9.78 Å². The molecular weight excluding hydrogens is 362 g/mol. The summed E-state index contributed by atoms with van der Waals surface area (Å²) in [6.45, 7) is 2.42. The monoisotopic (exact) mass is 383 g/mol. The molecule has 2 aromatic carbocycles. The molecule has 0 fully saturated rings. The van der Waals surface area contributed by atoms with Gasteiger partial charge in [-0.1, -0.05) is 37.3 Å². The molecule has 5 nitrogen and oxygen atoms in total. The van der Waals surface area contributed by atoms with E-state index in [0.717, 1.165) is 12.0 Å². The fraction of sp³-hybridized carbons (Fsp3) is 0.238. The summed E-state index contributed by atoms with van der Waals surface area (Å²) in [6, 6.07) is 15.7. The Morgan fingerprint density at radius 1 is 1.15 bits per heavy atom. The van der Waals surface area contributed by atoms with E-state index < -0.39 is 5.97 Å². The van der Waals surface area contributed by atoms with Gasteiger partial charge in [-0.15, -0.1) is 11.3 Å². The van der Waals surface area contributed by atoms with Gasteiger partial charge >= 0.3 is 5.97 Å². The largest absolute Gasteiger partial charge is 0.493 e. The van der Waals surface area contributed by atoms with Crippen molar-refractivity contribution in [3.63, 3.8) is 0 Å². The van der Waals surface area contributed by atoms with Crippen LogP contribution in [0.25, 0.3) is 10.6 Å². The maximum absolute atomic E-state index is 11.4. The zero-order valence-electron chi connectivity index (χ0n) is 15.3. The van der Waals surface area contributed by atoms with Crippen LogP contribution in [-0.4, -0.2) is 29.8 Å². The Morgan fingerprint density at radius 2 is 1.93 bits per heavy atom. The highest BCUT2D eigenvalue weighted by molar-refractivity contribution is 7.17. The Labute approximate surface area is 162 Å². The highest BCUT2D eigenvalue weighted by Gasteiger charge is 2.18. The average Bonchev–Trinajstić information content (AvgIpc) is 3.13. The predicted octanol–water partition coefficient (Wildman–Crippen LogP) is 4.70. The quantitative estimate of drug-likeness (QED) is 0.611. The summed E-state index contributed by atoms with van der Waals surface area (Å²) in [5.41, 5.74) is 2.62. The molecule has 0 unspecified atom stereocenters. The normalized spacial score (nSPS) is 10.6. The first-order valence-electron chi connectivity index (χ1n) is 8.70. The van der Waals surface area contributed by atoms with E-state index in [9.17, 15) is 9.90 Å². The second-order valence-electron chi connectivity index (χ2n) is 5.90. The van der Waals surface area contributed by atoms with Crippen LogP contribution in [0, 0.1) is 0 Å².